The second kappa shape index (κ2) is 7.29. The van der Waals surface area contributed by atoms with Crippen LogP contribution in [0.15, 0.2) is 30.3 Å². The monoisotopic (exact) mass is 383 g/mol. The van der Waals surface area contributed by atoms with Gasteiger partial charge in [-0.15, -0.1) is 0 Å². The molecule has 2 amide bonds. The minimum absolute atomic E-state index is 0.000194. The maximum absolute atomic E-state index is 14.2. The number of nitrogens with zero attached hydrogens (tertiary/aromatic N) is 2. The van der Waals surface area contributed by atoms with E-state index in [4.69, 9.17) is 10.5 Å². The largest absolute Gasteiger partial charge is 0.497 e. The van der Waals surface area contributed by atoms with E-state index in [-0.39, 0.29) is 17.7 Å². The number of amides is 2. The zero-order chi connectivity index (χ0) is 20.5. The molecule has 8 heteroatoms. The summed E-state index contributed by atoms with van der Waals surface area (Å²) in [5.41, 5.74) is 4.25. The summed E-state index contributed by atoms with van der Waals surface area (Å²) in [6.07, 6.45) is 0.149. The van der Waals surface area contributed by atoms with Crippen LogP contribution in [-0.4, -0.2) is 53.1 Å². The zero-order valence-electron chi connectivity index (χ0n) is 15.3. The van der Waals surface area contributed by atoms with Gasteiger partial charge in [-0.25, -0.2) is 9.37 Å². The van der Waals surface area contributed by atoms with Crippen LogP contribution in [0, 0.1) is 17.7 Å². The lowest BCUT2D eigenvalue weighted by Crippen LogP contribution is -2.37. The number of primary amides is 1. The molecule has 1 saturated heterocycles. The van der Waals surface area contributed by atoms with Crippen LogP contribution in [0.1, 0.15) is 22.5 Å². The Labute approximate surface area is 160 Å². The average molecular weight is 383 g/mol. The van der Waals surface area contributed by atoms with E-state index in [9.17, 15) is 19.1 Å². The van der Waals surface area contributed by atoms with Crippen molar-refractivity contribution in [2.75, 3.05) is 20.7 Å². The van der Waals surface area contributed by atoms with E-state index < -0.39 is 23.2 Å². The average Bonchev–Trinajstić information content (AvgIpc) is 2.94. The van der Waals surface area contributed by atoms with E-state index in [1.54, 1.807) is 13.1 Å². The first kappa shape index (κ1) is 19.3. The number of aromatic nitrogens is 1. The Balaban J connectivity index is 2.02. The SMILES string of the molecule is COc1cc(C(N)=O)nc(-c2ccc(F)c(C#C[C@]3(O)CCN(C)C3=O)c2)c1. The number of carbonyl (C=O) groups is 2. The van der Waals surface area contributed by atoms with Gasteiger partial charge in [0.1, 0.15) is 17.3 Å². The van der Waals surface area contributed by atoms with Gasteiger partial charge in [-0.3, -0.25) is 9.59 Å². The maximum atomic E-state index is 14.2. The van der Waals surface area contributed by atoms with Gasteiger partial charge in [0.05, 0.1) is 18.4 Å². The Bertz CT molecular complexity index is 1030. The molecule has 2 aromatic rings. The lowest BCUT2D eigenvalue weighted by molar-refractivity contribution is -0.137. The highest BCUT2D eigenvalue weighted by molar-refractivity contribution is 5.92. The molecule has 2 heterocycles. The van der Waals surface area contributed by atoms with E-state index in [0.717, 1.165) is 0 Å². The second-order valence-electron chi connectivity index (χ2n) is 6.42. The lowest BCUT2D eigenvalue weighted by Gasteiger charge is -2.13. The molecule has 0 aliphatic carbocycles. The van der Waals surface area contributed by atoms with Crippen LogP contribution in [0.3, 0.4) is 0 Å². The van der Waals surface area contributed by atoms with Gasteiger partial charge in [-0.05, 0) is 18.2 Å². The highest BCUT2D eigenvalue weighted by Gasteiger charge is 2.42. The third kappa shape index (κ3) is 3.66. The van der Waals surface area contributed by atoms with Crippen LogP contribution in [0.5, 0.6) is 5.75 Å². The van der Waals surface area contributed by atoms with Crippen LogP contribution in [0.4, 0.5) is 4.39 Å². The molecule has 1 atom stereocenters. The summed E-state index contributed by atoms with van der Waals surface area (Å²) in [5.74, 6) is 3.54. The molecule has 1 aliphatic rings. The van der Waals surface area contributed by atoms with Crippen LogP contribution in [0.2, 0.25) is 0 Å². The van der Waals surface area contributed by atoms with Crippen molar-refractivity contribution in [3.63, 3.8) is 0 Å². The Morgan fingerprint density at radius 2 is 2.14 bits per heavy atom. The second-order valence-corrected chi connectivity index (χ2v) is 6.42. The molecule has 1 aliphatic heterocycles. The molecule has 0 bridgehead atoms. The van der Waals surface area contributed by atoms with E-state index in [0.29, 0.717) is 23.6 Å². The summed E-state index contributed by atoms with van der Waals surface area (Å²) in [6.45, 7) is 0.371. The Morgan fingerprint density at radius 3 is 2.75 bits per heavy atom. The van der Waals surface area contributed by atoms with Gasteiger partial charge < -0.3 is 20.5 Å². The molecule has 0 unspecified atom stereocenters. The number of nitrogens with two attached hydrogens (primary N) is 1. The molecule has 3 rings (SSSR count). The molecule has 1 fully saturated rings. The number of methoxy groups -OCH3 is 1. The molecule has 28 heavy (non-hydrogen) atoms. The summed E-state index contributed by atoms with van der Waals surface area (Å²) >= 11 is 0. The van der Waals surface area contributed by atoms with Gasteiger partial charge in [0, 0.05) is 37.7 Å². The Morgan fingerprint density at radius 1 is 1.39 bits per heavy atom. The third-order valence-corrected chi connectivity index (χ3v) is 4.46. The van der Waals surface area contributed by atoms with Crippen LogP contribution in [0.25, 0.3) is 11.3 Å². The molecular weight excluding hydrogens is 365 g/mol. The molecule has 0 saturated carbocycles. The highest BCUT2D eigenvalue weighted by Crippen LogP contribution is 2.26. The molecule has 144 valence electrons. The van der Waals surface area contributed by atoms with Gasteiger partial charge in [0.2, 0.25) is 5.60 Å². The van der Waals surface area contributed by atoms with Crippen LogP contribution >= 0.6 is 0 Å². The fourth-order valence-electron chi connectivity index (χ4n) is 2.82. The minimum Gasteiger partial charge on any atom is -0.497 e. The van der Waals surface area contributed by atoms with Crippen molar-refractivity contribution in [1.29, 1.82) is 0 Å². The van der Waals surface area contributed by atoms with Gasteiger partial charge in [0.15, 0.2) is 0 Å². The molecule has 7 nitrogen and oxygen atoms in total. The maximum Gasteiger partial charge on any atom is 0.267 e. The van der Waals surface area contributed by atoms with Crippen molar-refractivity contribution < 1.29 is 23.8 Å². The molecule has 1 aromatic heterocycles. The van der Waals surface area contributed by atoms with Crippen molar-refractivity contribution in [3.05, 3.63) is 47.4 Å². The molecule has 1 aromatic carbocycles. The topological polar surface area (TPSA) is 106 Å². The predicted octanol–water partition coefficient (Wildman–Crippen LogP) is 0.940. The Kier molecular flexibility index (Phi) is 5.03. The van der Waals surface area contributed by atoms with Crippen molar-refractivity contribution in [3.8, 4) is 28.8 Å². The van der Waals surface area contributed by atoms with Crippen molar-refractivity contribution in [2.45, 2.75) is 12.0 Å². The van der Waals surface area contributed by atoms with Gasteiger partial charge in [0.25, 0.3) is 11.8 Å². The number of hydrogen-bond acceptors (Lipinski definition) is 5. The number of likely N-dealkylation sites (tertiary alicyclic amines) is 1. The first-order chi connectivity index (χ1) is 13.2. The Hall–Kier alpha value is -3.44. The number of hydrogen-bond donors (Lipinski definition) is 2. The van der Waals surface area contributed by atoms with Crippen molar-refractivity contribution in [1.82, 2.24) is 9.88 Å². The van der Waals surface area contributed by atoms with E-state index in [2.05, 4.69) is 16.8 Å². The number of carbonyl (C=O) groups excluding carboxylic acids is 2. The zero-order valence-corrected chi connectivity index (χ0v) is 15.3. The highest BCUT2D eigenvalue weighted by atomic mass is 19.1. The van der Waals surface area contributed by atoms with Crippen molar-refractivity contribution in [2.24, 2.45) is 5.73 Å². The smallest absolute Gasteiger partial charge is 0.267 e. The first-order valence-corrected chi connectivity index (χ1v) is 8.40. The van der Waals surface area contributed by atoms with E-state index in [1.165, 1.54) is 36.3 Å². The van der Waals surface area contributed by atoms with E-state index in [1.807, 2.05) is 0 Å². The number of ether oxygens (including phenoxy) is 1. The third-order valence-electron chi connectivity index (χ3n) is 4.46. The predicted molar refractivity (Wildman–Crippen MR) is 98.8 cm³/mol. The fourth-order valence-corrected chi connectivity index (χ4v) is 2.82. The van der Waals surface area contributed by atoms with Gasteiger partial charge in [-0.2, -0.15) is 0 Å². The molecule has 0 spiro atoms. The lowest BCUT2D eigenvalue weighted by atomic mass is 10.0. The summed E-state index contributed by atoms with van der Waals surface area (Å²) < 4.78 is 19.4. The number of halogens is 1. The van der Waals surface area contributed by atoms with Crippen molar-refractivity contribution >= 4 is 11.8 Å². The fraction of sp³-hybridized carbons (Fsp3) is 0.250. The van der Waals surface area contributed by atoms with Crippen LogP contribution in [-0.2, 0) is 4.79 Å². The molecule has 0 radical (unpaired) electrons. The number of aliphatic hydroxyl groups is 1. The first-order valence-electron chi connectivity index (χ1n) is 8.40. The number of likely N-dealkylation sites (N-methyl/N-ethyl adjacent to an activating group) is 1. The number of benzene rings is 1. The standard InChI is InChI=1S/C20H18FN3O4/c1-24-8-7-20(27,19(24)26)6-5-12-9-13(3-4-15(12)21)16-10-14(28-2)11-17(23-16)18(22)25/h3-4,9-11,27H,7-8H2,1-2H3,(H2,22,25)/t20-/m0/s1. The number of rotatable bonds is 3. The normalized spacial score (nSPS) is 18.6. The van der Waals surface area contributed by atoms with Gasteiger partial charge >= 0.3 is 0 Å². The minimum atomic E-state index is -1.83. The summed E-state index contributed by atoms with van der Waals surface area (Å²) in [7, 11) is 3.00. The van der Waals surface area contributed by atoms with E-state index >= 15 is 0 Å². The summed E-state index contributed by atoms with van der Waals surface area (Å²) in [6, 6.07) is 7.04. The molecule has 3 N–H and O–H groups in total. The quantitative estimate of drug-likeness (QED) is 0.768. The van der Waals surface area contributed by atoms with Crippen LogP contribution < -0.4 is 10.5 Å². The number of pyridine rings is 1. The summed E-state index contributed by atoms with van der Waals surface area (Å²) in [5, 5.41) is 10.4. The summed E-state index contributed by atoms with van der Waals surface area (Å²) in [4.78, 5) is 29.0. The van der Waals surface area contributed by atoms with Gasteiger partial charge in [-0.1, -0.05) is 11.8 Å². The molecular formula is C20H18FN3O4.